The minimum Gasteiger partial charge on any atom is -0.395 e. The number of halogens is 1. The first kappa shape index (κ1) is 12.1. The molecule has 0 saturated heterocycles. The molecular formula is C12H18FNO. The summed E-state index contributed by atoms with van der Waals surface area (Å²) in [5, 5.41) is 12.2. The van der Waals surface area contributed by atoms with E-state index in [2.05, 4.69) is 12.2 Å². The smallest absolute Gasteiger partial charge is 0.123 e. The fourth-order valence-corrected chi connectivity index (χ4v) is 1.54. The Morgan fingerprint density at radius 1 is 1.33 bits per heavy atom. The zero-order valence-electron chi connectivity index (χ0n) is 9.20. The summed E-state index contributed by atoms with van der Waals surface area (Å²) >= 11 is 0. The minimum atomic E-state index is -0.219. The van der Waals surface area contributed by atoms with E-state index in [1.165, 1.54) is 12.1 Å². The van der Waals surface area contributed by atoms with Crippen LogP contribution in [0.5, 0.6) is 0 Å². The lowest BCUT2D eigenvalue weighted by Crippen LogP contribution is -2.32. The predicted octanol–water partition coefficient (Wildman–Crippen LogP) is 2.25. The molecule has 84 valence electrons. The average Bonchev–Trinajstić information content (AvgIpc) is 2.27. The van der Waals surface area contributed by atoms with Crippen LogP contribution in [0.15, 0.2) is 24.3 Å². The summed E-state index contributed by atoms with van der Waals surface area (Å²) in [5.74, 6) is -0.219. The molecule has 0 spiro atoms. The second-order valence-corrected chi connectivity index (χ2v) is 3.76. The van der Waals surface area contributed by atoms with E-state index in [1.807, 2.05) is 6.92 Å². The summed E-state index contributed by atoms with van der Waals surface area (Å²) in [6.45, 7) is 4.09. The summed E-state index contributed by atoms with van der Waals surface area (Å²) in [5.41, 5.74) is 1.05. The van der Waals surface area contributed by atoms with Crippen LogP contribution >= 0.6 is 0 Å². The van der Waals surface area contributed by atoms with Crippen molar-refractivity contribution in [3.8, 4) is 0 Å². The molecule has 0 unspecified atom stereocenters. The Morgan fingerprint density at radius 2 is 1.93 bits per heavy atom. The highest BCUT2D eigenvalue weighted by molar-refractivity contribution is 5.19. The molecule has 0 fully saturated rings. The molecule has 2 atom stereocenters. The Morgan fingerprint density at radius 3 is 2.40 bits per heavy atom. The molecule has 15 heavy (non-hydrogen) atoms. The summed E-state index contributed by atoms with van der Waals surface area (Å²) in [6.07, 6.45) is 0.913. The summed E-state index contributed by atoms with van der Waals surface area (Å²) in [7, 11) is 0. The van der Waals surface area contributed by atoms with Gasteiger partial charge in [-0.1, -0.05) is 19.1 Å². The molecule has 0 aliphatic carbocycles. The van der Waals surface area contributed by atoms with Crippen molar-refractivity contribution in [2.75, 3.05) is 6.61 Å². The fourth-order valence-electron chi connectivity index (χ4n) is 1.54. The van der Waals surface area contributed by atoms with Gasteiger partial charge in [-0.25, -0.2) is 4.39 Å². The molecule has 0 aliphatic rings. The largest absolute Gasteiger partial charge is 0.395 e. The third-order valence-corrected chi connectivity index (χ3v) is 2.44. The van der Waals surface area contributed by atoms with E-state index in [0.29, 0.717) is 0 Å². The van der Waals surface area contributed by atoms with Crippen LogP contribution in [0.4, 0.5) is 4.39 Å². The molecule has 1 aromatic rings. The maximum absolute atomic E-state index is 12.7. The van der Waals surface area contributed by atoms with Crippen LogP contribution in [0.1, 0.15) is 31.9 Å². The Labute approximate surface area is 90.1 Å². The van der Waals surface area contributed by atoms with Crippen molar-refractivity contribution >= 4 is 0 Å². The molecular weight excluding hydrogens is 193 g/mol. The number of hydrogen-bond donors (Lipinski definition) is 2. The van der Waals surface area contributed by atoms with Gasteiger partial charge in [-0.2, -0.15) is 0 Å². The lowest BCUT2D eigenvalue weighted by molar-refractivity contribution is 0.239. The number of aliphatic hydroxyl groups is 1. The predicted molar refractivity (Wildman–Crippen MR) is 59.1 cm³/mol. The van der Waals surface area contributed by atoms with E-state index >= 15 is 0 Å². The van der Waals surface area contributed by atoms with Gasteiger partial charge in [-0.15, -0.1) is 0 Å². The SMILES string of the molecule is CC[C@@H](N[C@H](C)CO)c1ccc(F)cc1. The van der Waals surface area contributed by atoms with E-state index in [0.717, 1.165) is 12.0 Å². The number of benzene rings is 1. The molecule has 1 rings (SSSR count). The Balaban J connectivity index is 2.69. The van der Waals surface area contributed by atoms with Crippen LogP contribution in [0.25, 0.3) is 0 Å². The molecule has 0 radical (unpaired) electrons. The Kier molecular flexibility index (Phi) is 4.72. The van der Waals surface area contributed by atoms with Gasteiger partial charge in [0.15, 0.2) is 0 Å². The van der Waals surface area contributed by atoms with Crippen molar-refractivity contribution in [3.63, 3.8) is 0 Å². The van der Waals surface area contributed by atoms with Gasteiger partial charge < -0.3 is 10.4 Å². The van der Waals surface area contributed by atoms with Gasteiger partial charge in [-0.05, 0) is 31.0 Å². The van der Waals surface area contributed by atoms with E-state index in [1.54, 1.807) is 12.1 Å². The van der Waals surface area contributed by atoms with Crippen molar-refractivity contribution in [1.82, 2.24) is 5.32 Å². The number of hydrogen-bond acceptors (Lipinski definition) is 2. The summed E-state index contributed by atoms with van der Waals surface area (Å²) < 4.78 is 12.7. The van der Waals surface area contributed by atoms with Crippen LogP contribution in [0.3, 0.4) is 0 Å². The third kappa shape index (κ3) is 3.61. The third-order valence-electron chi connectivity index (χ3n) is 2.44. The second kappa shape index (κ2) is 5.83. The summed E-state index contributed by atoms with van der Waals surface area (Å²) in [6, 6.07) is 6.71. The van der Waals surface area contributed by atoms with E-state index in [-0.39, 0.29) is 24.5 Å². The normalized spacial score (nSPS) is 14.9. The Bertz CT molecular complexity index is 286. The standard InChI is InChI=1S/C12H18FNO/c1-3-12(14-9(2)8-15)10-4-6-11(13)7-5-10/h4-7,9,12,14-15H,3,8H2,1-2H3/t9-,12-/m1/s1. The van der Waals surface area contributed by atoms with Crippen LogP contribution in [-0.2, 0) is 0 Å². The van der Waals surface area contributed by atoms with Crippen LogP contribution in [0, 0.1) is 5.82 Å². The monoisotopic (exact) mass is 211 g/mol. The van der Waals surface area contributed by atoms with Crippen molar-refractivity contribution < 1.29 is 9.50 Å². The first-order chi connectivity index (χ1) is 7.17. The highest BCUT2D eigenvalue weighted by atomic mass is 19.1. The van der Waals surface area contributed by atoms with Crippen LogP contribution < -0.4 is 5.32 Å². The van der Waals surface area contributed by atoms with Gasteiger partial charge >= 0.3 is 0 Å². The van der Waals surface area contributed by atoms with Gasteiger partial charge in [0.2, 0.25) is 0 Å². The fraction of sp³-hybridized carbons (Fsp3) is 0.500. The van der Waals surface area contributed by atoms with Crippen LogP contribution in [0.2, 0.25) is 0 Å². The average molecular weight is 211 g/mol. The van der Waals surface area contributed by atoms with Crippen molar-refractivity contribution in [1.29, 1.82) is 0 Å². The molecule has 0 saturated carbocycles. The van der Waals surface area contributed by atoms with E-state index in [4.69, 9.17) is 5.11 Å². The molecule has 0 aromatic heterocycles. The highest BCUT2D eigenvalue weighted by Crippen LogP contribution is 2.17. The molecule has 0 aliphatic heterocycles. The summed E-state index contributed by atoms with van der Waals surface area (Å²) in [4.78, 5) is 0. The van der Waals surface area contributed by atoms with Gasteiger partial charge in [-0.3, -0.25) is 0 Å². The number of rotatable bonds is 5. The van der Waals surface area contributed by atoms with E-state index < -0.39 is 0 Å². The van der Waals surface area contributed by atoms with Gasteiger partial charge in [0.1, 0.15) is 5.82 Å². The van der Waals surface area contributed by atoms with Crippen molar-refractivity contribution in [3.05, 3.63) is 35.6 Å². The van der Waals surface area contributed by atoms with E-state index in [9.17, 15) is 4.39 Å². The highest BCUT2D eigenvalue weighted by Gasteiger charge is 2.11. The molecule has 3 heteroatoms. The minimum absolute atomic E-state index is 0.0556. The molecule has 0 bridgehead atoms. The van der Waals surface area contributed by atoms with Crippen molar-refractivity contribution in [2.45, 2.75) is 32.4 Å². The lowest BCUT2D eigenvalue weighted by Gasteiger charge is -2.21. The van der Waals surface area contributed by atoms with Crippen molar-refractivity contribution in [2.24, 2.45) is 0 Å². The first-order valence-corrected chi connectivity index (χ1v) is 5.29. The Hall–Kier alpha value is -0.930. The first-order valence-electron chi connectivity index (χ1n) is 5.29. The molecule has 1 aromatic carbocycles. The topological polar surface area (TPSA) is 32.3 Å². The maximum Gasteiger partial charge on any atom is 0.123 e. The zero-order valence-corrected chi connectivity index (χ0v) is 9.20. The van der Waals surface area contributed by atoms with Gasteiger partial charge in [0.05, 0.1) is 6.61 Å². The lowest BCUT2D eigenvalue weighted by atomic mass is 10.0. The van der Waals surface area contributed by atoms with Crippen LogP contribution in [-0.4, -0.2) is 17.8 Å². The number of aliphatic hydroxyl groups excluding tert-OH is 1. The molecule has 0 amide bonds. The number of nitrogens with one attached hydrogen (secondary N) is 1. The quantitative estimate of drug-likeness (QED) is 0.783. The van der Waals surface area contributed by atoms with Gasteiger partial charge in [0, 0.05) is 12.1 Å². The second-order valence-electron chi connectivity index (χ2n) is 3.76. The molecule has 0 heterocycles. The molecule has 2 nitrogen and oxygen atoms in total. The molecule has 2 N–H and O–H groups in total. The zero-order chi connectivity index (χ0) is 11.3. The van der Waals surface area contributed by atoms with Gasteiger partial charge in [0.25, 0.3) is 0 Å². The maximum atomic E-state index is 12.7.